The maximum absolute atomic E-state index is 11.3. The van der Waals surface area contributed by atoms with Gasteiger partial charge in [0, 0.05) is 0 Å². The molecule has 0 spiro atoms. The molecule has 0 aromatic carbocycles. The summed E-state index contributed by atoms with van der Waals surface area (Å²) in [6.07, 6.45) is 11.1. The molecule has 0 heterocycles. The fourth-order valence-corrected chi connectivity index (χ4v) is 1.66. The molecular weight excluding hydrogens is 373 g/mol. The van der Waals surface area contributed by atoms with E-state index in [0.717, 1.165) is 12.8 Å². The highest BCUT2D eigenvalue weighted by atomic mass is 127. The molecule has 6 heteroatoms. The van der Waals surface area contributed by atoms with Crippen LogP contribution in [-0.4, -0.2) is 29.3 Å². The number of terminal acetylenes is 1. The van der Waals surface area contributed by atoms with Crippen LogP contribution in [-0.2, 0) is 14.3 Å². The Morgan fingerprint density at radius 1 is 1.25 bits per heavy atom. The van der Waals surface area contributed by atoms with Gasteiger partial charge >= 0.3 is 12.1 Å². The lowest BCUT2D eigenvalue weighted by atomic mass is 10.1. The zero-order valence-corrected chi connectivity index (χ0v) is 14.0. The maximum atomic E-state index is 11.3. The Kier molecular flexibility index (Phi) is 12.4. The zero-order chi connectivity index (χ0) is 15.2. The molecule has 1 N–H and O–H groups in total. The SMILES string of the molecule is C#CC(I)OC(=O)NCC(=O)OCCCCCCCC. The Balaban J connectivity index is 3.46. The smallest absolute Gasteiger partial charge is 0.409 e. The summed E-state index contributed by atoms with van der Waals surface area (Å²) in [5.41, 5.74) is 0. The van der Waals surface area contributed by atoms with Crippen molar-refractivity contribution in [2.75, 3.05) is 13.2 Å². The van der Waals surface area contributed by atoms with E-state index in [0.29, 0.717) is 6.61 Å². The molecule has 0 aliphatic heterocycles. The fourth-order valence-electron chi connectivity index (χ4n) is 1.43. The van der Waals surface area contributed by atoms with Crippen molar-refractivity contribution < 1.29 is 19.1 Å². The number of alkyl halides is 1. The van der Waals surface area contributed by atoms with Crippen LogP contribution in [0.1, 0.15) is 45.4 Å². The van der Waals surface area contributed by atoms with E-state index >= 15 is 0 Å². The van der Waals surface area contributed by atoms with Crippen molar-refractivity contribution >= 4 is 34.7 Å². The molecule has 114 valence electrons. The van der Waals surface area contributed by atoms with Gasteiger partial charge in [0.1, 0.15) is 6.54 Å². The molecule has 0 aliphatic carbocycles. The van der Waals surface area contributed by atoms with Crippen LogP contribution in [0.3, 0.4) is 0 Å². The quantitative estimate of drug-likeness (QED) is 0.203. The maximum Gasteiger partial charge on any atom is 0.409 e. The average Bonchev–Trinajstić information content (AvgIpc) is 2.44. The number of halogens is 1. The van der Waals surface area contributed by atoms with E-state index in [-0.39, 0.29) is 6.54 Å². The number of unbranched alkanes of at least 4 members (excludes halogenated alkanes) is 5. The van der Waals surface area contributed by atoms with Gasteiger partial charge in [-0.05, 0) is 29.0 Å². The molecule has 1 amide bonds. The van der Waals surface area contributed by atoms with Crippen molar-refractivity contribution in [1.29, 1.82) is 0 Å². The van der Waals surface area contributed by atoms with Crippen molar-refractivity contribution in [3.05, 3.63) is 0 Å². The lowest BCUT2D eigenvalue weighted by Gasteiger charge is -2.08. The van der Waals surface area contributed by atoms with Crippen molar-refractivity contribution in [1.82, 2.24) is 5.32 Å². The standard InChI is InChI=1S/C14H22INO4/c1-3-5-6-7-8-9-10-19-13(17)11-16-14(18)20-12(15)4-2/h2,12H,3,5-11H2,1H3,(H,16,18). The topological polar surface area (TPSA) is 64.6 Å². The molecule has 1 unspecified atom stereocenters. The second kappa shape index (κ2) is 13.0. The Morgan fingerprint density at radius 2 is 1.90 bits per heavy atom. The number of carbonyl (C=O) groups excluding carboxylic acids is 2. The third-order valence-electron chi connectivity index (χ3n) is 2.48. The molecule has 0 fully saturated rings. The van der Waals surface area contributed by atoms with Crippen LogP contribution in [0.4, 0.5) is 4.79 Å². The molecule has 0 aromatic rings. The van der Waals surface area contributed by atoms with Gasteiger partial charge in [-0.2, -0.15) is 0 Å². The molecule has 1 atom stereocenters. The van der Waals surface area contributed by atoms with Gasteiger partial charge in [0.25, 0.3) is 0 Å². The van der Waals surface area contributed by atoms with Gasteiger partial charge in [-0.25, -0.2) is 4.79 Å². The molecule has 0 aromatic heterocycles. The number of alkyl carbamates (subject to hydrolysis) is 1. The highest BCUT2D eigenvalue weighted by Gasteiger charge is 2.10. The first-order valence-corrected chi connectivity index (χ1v) is 8.05. The van der Waals surface area contributed by atoms with Gasteiger partial charge in [-0.3, -0.25) is 4.79 Å². The summed E-state index contributed by atoms with van der Waals surface area (Å²) >= 11 is 1.78. The number of hydrogen-bond acceptors (Lipinski definition) is 4. The molecule has 5 nitrogen and oxygen atoms in total. The van der Waals surface area contributed by atoms with Gasteiger partial charge in [0.15, 0.2) is 0 Å². The van der Waals surface area contributed by atoms with E-state index in [1.165, 1.54) is 25.7 Å². The van der Waals surface area contributed by atoms with Gasteiger partial charge in [0.2, 0.25) is 4.11 Å². The first kappa shape index (κ1) is 19.0. The fraction of sp³-hybridized carbons (Fsp3) is 0.714. The third kappa shape index (κ3) is 12.1. The van der Waals surface area contributed by atoms with Crippen molar-refractivity contribution in [2.45, 2.75) is 49.6 Å². The first-order chi connectivity index (χ1) is 9.60. The molecule has 0 radical (unpaired) electrons. The van der Waals surface area contributed by atoms with Crippen LogP contribution in [0, 0.1) is 12.3 Å². The predicted molar refractivity (Wildman–Crippen MR) is 85.5 cm³/mol. The number of amides is 1. The molecule has 0 rings (SSSR count). The van der Waals surface area contributed by atoms with Gasteiger partial charge in [-0.1, -0.05) is 44.9 Å². The van der Waals surface area contributed by atoms with Crippen LogP contribution in [0.25, 0.3) is 0 Å². The Hall–Kier alpha value is -0.970. The summed E-state index contributed by atoms with van der Waals surface area (Å²) in [4.78, 5) is 22.5. The first-order valence-electron chi connectivity index (χ1n) is 6.80. The summed E-state index contributed by atoms with van der Waals surface area (Å²) < 4.78 is 9.06. The number of nitrogens with one attached hydrogen (secondary N) is 1. The normalized spacial score (nSPS) is 11.2. The van der Waals surface area contributed by atoms with E-state index in [4.69, 9.17) is 15.9 Å². The second-order valence-corrected chi connectivity index (χ2v) is 5.36. The van der Waals surface area contributed by atoms with E-state index < -0.39 is 16.2 Å². The molecule has 0 saturated carbocycles. The third-order valence-corrected chi connectivity index (χ3v) is 3.09. The summed E-state index contributed by atoms with van der Waals surface area (Å²) in [5, 5.41) is 2.28. The minimum Gasteiger partial charge on any atom is -0.464 e. The van der Waals surface area contributed by atoms with Crippen LogP contribution >= 0.6 is 22.6 Å². The lowest BCUT2D eigenvalue weighted by molar-refractivity contribution is -0.142. The Morgan fingerprint density at radius 3 is 2.55 bits per heavy atom. The average molecular weight is 395 g/mol. The number of esters is 1. The van der Waals surface area contributed by atoms with Crippen LogP contribution < -0.4 is 5.32 Å². The molecule has 0 saturated heterocycles. The minimum atomic E-state index is -0.723. The van der Waals surface area contributed by atoms with Gasteiger partial charge < -0.3 is 14.8 Å². The van der Waals surface area contributed by atoms with E-state index in [9.17, 15) is 9.59 Å². The Labute approximate surface area is 134 Å². The zero-order valence-electron chi connectivity index (χ0n) is 11.8. The van der Waals surface area contributed by atoms with E-state index in [1.807, 2.05) is 0 Å². The van der Waals surface area contributed by atoms with E-state index in [1.54, 1.807) is 22.6 Å². The number of carbonyl (C=O) groups is 2. The monoisotopic (exact) mass is 395 g/mol. The molecule has 20 heavy (non-hydrogen) atoms. The number of ether oxygens (including phenoxy) is 2. The minimum absolute atomic E-state index is 0.206. The van der Waals surface area contributed by atoms with Crippen LogP contribution in [0.15, 0.2) is 0 Å². The second-order valence-electron chi connectivity index (χ2n) is 4.23. The van der Waals surface area contributed by atoms with Crippen molar-refractivity contribution in [3.8, 4) is 12.3 Å². The summed E-state index contributed by atoms with van der Waals surface area (Å²) in [6.45, 7) is 2.35. The summed E-state index contributed by atoms with van der Waals surface area (Å²) in [6, 6.07) is 0. The highest BCUT2D eigenvalue weighted by Crippen LogP contribution is 2.05. The number of rotatable bonds is 10. The Bertz CT molecular complexity index is 328. The highest BCUT2D eigenvalue weighted by molar-refractivity contribution is 14.1. The van der Waals surface area contributed by atoms with E-state index in [2.05, 4.69) is 18.2 Å². The van der Waals surface area contributed by atoms with Gasteiger partial charge in [0.05, 0.1) is 6.61 Å². The van der Waals surface area contributed by atoms with Crippen molar-refractivity contribution in [2.24, 2.45) is 0 Å². The molecule has 0 bridgehead atoms. The van der Waals surface area contributed by atoms with Gasteiger partial charge in [-0.15, -0.1) is 6.42 Å². The van der Waals surface area contributed by atoms with Crippen molar-refractivity contribution in [3.63, 3.8) is 0 Å². The summed E-state index contributed by atoms with van der Waals surface area (Å²) in [5.74, 6) is 1.76. The van der Waals surface area contributed by atoms with Crippen LogP contribution in [0.2, 0.25) is 0 Å². The van der Waals surface area contributed by atoms with Crippen LogP contribution in [0.5, 0.6) is 0 Å². The molecule has 0 aliphatic rings. The summed E-state index contributed by atoms with van der Waals surface area (Å²) in [7, 11) is 0. The predicted octanol–water partition coefficient (Wildman–Crippen LogP) is 3.01. The number of hydrogen-bond donors (Lipinski definition) is 1. The largest absolute Gasteiger partial charge is 0.464 e. The molecular formula is C14H22INO4. The lowest BCUT2D eigenvalue weighted by Crippen LogP contribution is -2.32.